The second-order valence-corrected chi connectivity index (χ2v) is 6.67. The second-order valence-electron chi connectivity index (χ2n) is 6.67. The summed E-state index contributed by atoms with van der Waals surface area (Å²) in [5.74, 6) is 1.48. The molecule has 0 radical (unpaired) electrons. The van der Waals surface area contributed by atoms with Crippen LogP contribution in [-0.4, -0.2) is 44.4 Å². The quantitative estimate of drug-likeness (QED) is 0.799. The molecule has 1 heterocycles. The van der Waals surface area contributed by atoms with Gasteiger partial charge in [0.05, 0.1) is 27.4 Å². The molecular weight excluding hydrogens is 349 g/mol. The molecule has 2 atom stereocenters. The number of hydrogen-bond donors (Lipinski definition) is 1. The number of nitrogens with zero attached hydrogens (tertiary/aromatic N) is 1. The highest BCUT2D eigenvalue weighted by molar-refractivity contribution is 5.44. The van der Waals surface area contributed by atoms with E-state index in [1.165, 1.54) is 19.2 Å². The van der Waals surface area contributed by atoms with E-state index in [2.05, 4.69) is 4.90 Å². The van der Waals surface area contributed by atoms with Crippen molar-refractivity contribution in [3.63, 3.8) is 0 Å². The van der Waals surface area contributed by atoms with Crippen LogP contribution in [0.4, 0.5) is 4.39 Å². The van der Waals surface area contributed by atoms with E-state index < -0.39 is 6.10 Å². The summed E-state index contributed by atoms with van der Waals surface area (Å²) in [6.07, 6.45) is 1.19. The van der Waals surface area contributed by atoms with E-state index in [4.69, 9.17) is 14.2 Å². The Morgan fingerprint density at radius 2 is 1.74 bits per heavy atom. The van der Waals surface area contributed by atoms with E-state index in [1.54, 1.807) is 20.3 Å². The SMILES string of the molecule is COc1ccc([C@H]2CCCN2C[C@@H](O)c2cc(F)ccc2OC)cc1OC. The Bertz CT molecular complexity index is 783. The third-order valence-electron chi connectivity index (χ3n) is 5.11. The average molecular weight is 375 g/mol. The van der Waals surface area contributed by atoms with Gasteiger partial charge in [-0.05, 0) is 55.3 Å². The summed E-state index contributed by atoms with van der Waals surface area (Å²) in [5, 5.41) is 10.7. The van der Waals surface area contributed by atoms with Gasteiger partial charge in [0.2, 0.25) is 0 Å². The van der Waals surface area contributed by atoms with E-state index in [1.807, 2.05) is 18.2 Å². The Morgan fingerprint density at radius 1 is 1.04 bits per heavy atom. The van der Waals surface area contributed by atoms with Gasteiger partial charge in [0.15, 0.2) is 11.5 Å². The molecule has 1 saturated heterocycles. The van der Waals surface area contributed by atoms with E-state index in [0.717, 1.165) is 24.9 Å². The van der Waals surface area contributed by atoms with Crippen LogP contribution in [0.5, 0.6) is 17.2 Å². The molecule has 2 aromatic carbocycles. The van der Waals surface area contributed by atoms with Gasteiger partial charge in [-0.3, -0.25) is 4.90 Å². The van der Waals surface area contributed by atoms with Crippen LogP contribution in [0.25, 0.3) is 0 Å². The van der Waals surface area contributed by atoms with Gasteiger partial charge in [0, 0.05) is 18.2 Å². The third kappa shape index (κ3) is 4.17. The van der Waals surface area contributed by atoms with Crippen LogP contribution in [-0.2, 0) is 0 Å². The number of likely N-dealkylation sites (tertiary alicyclic amines) is 1. The van der Waals surface area contributed by atoms with Crippen molar-refractivity contribution in [3.05, 3.63) is 53.3 Å². The predicted molar refractivity (Wildman–Crippen MR) is 101 cm³/mol. The summed E-state index contributed by atoms with van der Waals surface area (Å²) in [4.78, 5) is 2.22. The minimum absolute atomic E-state index is 0.166. The highest BCUT2D eigenvalue weighted by atomic mass is 19.1. The van der Waals surface area contributed by atoms with Crippen LogP contribution in [0.2, 0.25) is 0 Å². The van der Waals surface area contributed by atoms with Crippen molar-refractivity contribution in [2.75, 3.05) is 34.4 Å². The molecule has 3 rings (SSSR count). The van der Waals surface area contributed by atoms with Crippen LogP contribution in [0.1, 0.15) is 36.1 Å². The van der Waals surface area contributed by atoms with Gasteiger partial charge < -0.3 is 19.3 Å². The standard InChI is InChI=1S/C21H26FNO4/c1-25-19-9-7-15(22)12-16(19)18(24)13-23-10-4-5-17(23)14-6-8-20(26-2)21(11-14)27-3/h6-9,11-12,17-18,24H,4-5,10,13H2,1-3H3/t17-,18-/m1/s1. The molecule has 0 spiro atoms. The first-order chi connectivity index (χ1) is 13.1. The molecule has 1 aliphatic rings. The summed E-state index contributed by atoms with van der Waals surface area (Å²) in [6.45, 7) is 1.27. The van der Waals surface area contributed by atoms with Crippen LogP contribution < -0.4 is 14.2 Å². The molecule has 0 saturated carbocycles. The van der Waals surface area contributed by atoms with Gasteiger partial charge in [0.25, 0.3) is 0 Å². The van der Waals surface area contributed by atoms with Gasteiger partial charge in [0.1, 0.15) is 11.6 Å². The molecule has 2 aromatic rings. The molecule has 5 nitrogen and oxygen atoms in total. The van der Waals surface area contributed by atoms with Crippen molar-refractivity contribution in [1.82, 2.24) is 4.90 Å². The van der Waals surface area contributed by atoms with Gasteiger partial charge in [-0.15, -0.1) is 0 Å². The maximum Gasteiger partial charge on any atom is 0.161 e. The van der Waals surface area contributed by atoms with Crippen LogP contribution in [0, 0.1) is 5.82 Å². The lowest BCUT2D eigenvalue weighted by molar-refractivity contribution is 0.103. The van der Waals surface area contributed by atoms with Crippen molar-refractivity contribution in [3.8, 4) is 17.2 Å². The largest absolute Gasteiger partial charge is 0.496 e. The highest BCUT2D eigenvalue weighted by Crippen LogP contribution is 2.38. The van der Waals surface area contributed by atoms with Crippen LogP contribution in [0.15, 0.2) is 36.4 Å². The Balaban J connectivity index is 1.80. The van der Waals surface area contributed by atoms with Crippen molar-refractivity contribution < 1.29 is 23.7 Å². The number of β-amino-alcohol motifs (C(OH)–C–C–N with tert-alkyl or cyclic N) is 1. The van der Waals surface area contributed by atoms with Gasteiger partial charge in [-0.25, -0.2) is 4.39 Å². The summed E-state index contributed by atoms with van der Waals surface area (Å²) in [6, 6.07) is 10.3. The average Bonchev–Trinajstić information content (AvgIpc) is 3.15. The molecule has 27 heavy (non-hydrogen) atoms. The fraction of sp³-hybridized carbons (Fsp3) is 0.429. The Kier molecular flexibility index (Phi) is 6.19. The van der Waals surface area contributed by atoms with Crippen molar-refractivity contribution in [2.45, 2.75) is 25.0 Å². The molecule has 0 aromatic heterocycles. The molecule has 1 aliphatic heterocycles. The van der Waals surface area contributed by atoms with Crippen molar-refractivity contribution in [2.24, 2.45) is 0 Å². The van der Waals surface area contributed by atoms with E-state index in [9.17, 15) is 9.50 Å². The monoisotopic (exact) mass is 375 g/mol. The first-order valence-corrected chi connectivity index (χ1v) is 9.04. The molecule has 1 fully saturated rings. The highest BCUT2D eigenvalue weighted by Gasteiger charge is 2.29. The Labute approximate surface area is 159 Å². The fourth-order valence-corrected chi connectivity index (χ4v) is 3.77. The molecule has 1 N–H and O–H groups in total. The third-order valence-corrected chi connectivity index (χ3v) is 5.11. The fourth-order valence-electron chi connectivity index (χ4n) is 3.77. The van der Waals surface area contributed by atoms with Crippen molar-refractivity contribution in [1.29, 1.82) is 0 Å². The molecule has 0 aliphatic carbocycles. The zero-order valence-corrected chi connectivity index (χ0v) is 15.9. The number of aliphatic hydroxyl groups excluding tert-OH is 1. The number of methoxy groups -OCH3 is 3. The normalized spacial score (nSPS) is 18.3. The zero-order chi connectivity index (χ0) is 19.4. The molecule has 0 amide bonds. The number of aliphatic hydroxyl groups is 1. The maximum atomic E-state index is 13.6. The lowest BCUT2D eigenvalue weighted by atomic mass is 10.0. The smallest absolute Gasteiger partial charge is 0.161 e. The zero-order valence-electron chi connectivity index (χ0n) is 15.9. The van der Waals surface area contributed by atoms with Crippen molar-refractivity contribution >= 4 is 0 Å². The second kappa shape index (κ2) is 8.59. The maximum absolute atomic E-state index is 13.6. The summed E-state index contributed by atoms with van der Waals surface area (Å²) < 4.78 is 29.7. The molecule has 6 heteroatoms. The molecule has 0 unspecified atom stereocenters. The number of benzene rings is 2. The summed E-state index contributed by atoms with van der Waals surface area (Å²) >= 11 is 0. The van der Waals surface area contributed by atoms with Crippen LogP contribution in [0.3, 0.4) is 0 Å². The lowest BCUT2D eigenvalue weighted by Gasteiger charge is -2.28. The molecule has 146 valence electrons. The number of ether oxygens (including phenoxy) is 3. The number of halogens is 1. The van der Waals surface area contributed by atoms with E-state index >= 15 is 0 Å². The summed E-state index contributed by atoms with van der Waals surface area (Å²) in [5.41, 5.74) is 1.58. The number of hydrogen-bond acceptors (Lipinski definition) is 5. The molecule has 0 bridgehead atoms. The van der Waals surface area contributed by atoms with Gasteiger partial charge >= 0.3 is 0 Å². The topological polar surface area (TPSA) is 51.2 Å². The minimum Gasteiger partial charge on any atom is -0.496 e. The molecular formula is C21H26FNO4. The first-order valence-electron chi connectivity index (χ1n) is 9.04. The Hall–Kier alpha value is -2.31. The minimum atomic E-state index is -0.837. The van der Waals surface area contributed by atoms with Crippen LogP contribution >= 0.6 is 0 Å². The van der Waals surface area contributed by atoms with E-state index in [-0.39, 0.29) is 11.9 Å². The number of rotatable bonds is 7. The van der Waals surface area contributed by atoms with Gasteiger partial charge in [-0.1, -0.05) is 6.07 Å². The predicted octanol–water partition coefficient (Wildman–Crippen LogP) is 3.72. The Morgan fingerprint density at radius 3 is 2.44 bits per heavy atom. The summed E-state index contributed by atoms with van der Waals surface area (Å²) in [7, 11) is 4.75. The first kappa shape index (κ1) is 19.5. The van der Waals surface area contributed by atoms with E-state index in [0.29, 0.717) is 29.4 Å². The van der Waals surface area contributed by atoms with Gasteiger partial charge in [-0.2, -0.15) is 0 Å². The lowest BCUT2D eigenvalue weighted by Crippen LogP contribution is -2.28.